The average molecular weight is 320 g/mol. The van der Waals surface area contributed by atoms with Crippen molar-refractivity contribution in [2.45, 2.75) is 18.9 Å². The van der Waals surface area contributed by atoms with Gasteiger partial charge in [0.1, 0.15) is 5.69 Å². The van der Waals surface area contributed by atoms with Gasteiger partial charge in [-0.25, -0.2) is 0 Å². The van der Waals surface area contributed by atoms with Gasteiger partial charge in [-0.1, -0.05) is 18.2 Å². The maximum Gasteiger partial charge on any atom is 0.270 e. The Morgan fingerprint density at radius 2 is 2.00 bits per heavy atom. The fourth-order valence-corrected chi connectivity index (χ4v) is 3.27. The molecule has 2 aromatic heterocycles. The van der Waals surface area contributed by atoms with Gasteiger partial charge in [0.25, 0.3) is 5.91 Å². The number of benzene rings is 1. The van der Waals surface area contributed by atoms with Crippen LogP contribution in [0.5, 0.6) is 0 Å². The summed E-state index contributed by atoms with van der Waals surface area (Å²) in [5, 5.41) is 4.57. The molecule has 5 nitrogen and oxygen atoms in total. The maximum atomic E-state index is 12.7. The Balaban J connectivity index is 1.39. The lowest BCUT2D eigenvalue weighted by Gasteiger charge is -2.32. The van der Waals surface area contributed by atoms with Crippen molar-refractivity contribution in [2.24, 2.45) is 0 Å². The zero-order valence-corrected chi connectivity index (χ0v) is 13.4. The highest BCUT2D eigenvalue weighted by Crippen LogP contribution is 2.20. The molecule has 3 heterocycles. The molecule has 1 aliphatic rings. The number of fused-ring (bicyclic) bond motifs is 1. The highest BCUT2D eigenvalue weighted by Gasteiger charge is 2.24. The highest BCUT2D eigenvalue weighted by atomic mass is 16.2. The van der Waals surface area contributed by atoms with Crippen LogP contribution in [-0.4, -0.2) is 39.9 Å². The average Bonchev–Trinajstić information content (AvgIpc) is 3.07. The number of rotatable bonds is 3. The normalized spacial score (nSPS) is 15.6. The van der Waals surface area contributed by atoms with Crippen molar-refractivity contribution in [1.82, 2.24) is 14.9 Å². The number of amides is 1. The van der Waals surface area contributed by atoms with E-state index >= 15 is 0 Å². The zero-order chi connectivity index (χ0) is 16.4. The third-order valence-corrected chi connectivity index (χ3v) is 4.57. The minimum absolute atomic E-state index is 0.0889. The van der Waals surface area contributed by atoms with E-state index in [2.05, 4.69) is 15.3 Å². The number of likely N-dealkylation sites (tertiary alicyclic amines) is 1. The van der Waals surface area contributed by atoms with Gasteiger partial charge in [-0.2, -0.15) is 0 Å². The van der Waals surface area contributed by atoms with E-state index in [1.165, 1.54) is 0 Å². The van der Waals surface area contributed by atoms with Crippen molar-refractivity contribution in [3.05, 3.63) is 60.6 Å². The predicted molar refractivity (Wildman–Crippen MR) is 95.1 cm³/mol. The van der Waals surface area contributed by atoms with E-state index in [-0.39, 0.29) is 5.91 Å². The van der Waals surface area contributed by atoms with Crippen LogP contribution in [-0.2, 0) is 0 Å². The zero-order valence-electron chi connectivity index (χ0n) is 13.4. The van der Waals surface area contributed by atoms with Gasteiger partial charge >= 0.3 is 0 Å². The van der Waals surface area contributed by atoms with Crippen LogP contribution in [0.25, 0.3) is 10.9 Å². The van der Waals surface area contributed by atoms with Crippen molar-refractivity contribution in [3.63, 3.8) is 0 Å². The van der Waals surface area contributed by atoms with Crippen molar-refractivity contribution in [1.29, 1.82) is 0 Å². The summed E-state index contributed by atoms with van der Waals surface area (Å²) >= 11 is 0. The van der Waals surface area contributed by atoms with Gasteiger partial charge < -0.3 is 15.2 Å². The molecule has 5 heteroatoms. The SMILES string of the molecule is O=C(c1cc2ccccc2[nH]1)N1CCC(Nc2cccnc2)CC1. The molecule has 0 spiro atoms. The smallest absolute Gasteiger partial charge is 0.270 e. The number of aromatic amines is 1. The van der Waals surface area contributed by atoms with Crippen LogP contribution in [0.2, 0.25) is 0 Å². The molecule has 4 rings (SSSR count). The molecule has 1 amide bonds. The molecule has 3 aromatic rings. The van der Waals surface area contributed by atoms with E-state index in [0.717, 1.165) is 42.5 Å². The van der Waals surface area contributed by atoms with Crippen molar-refractivity contribution >= 4 is 22.5 Å². The summed E-state index contributed by atoms with van der Waals surface area (Å²) < 4.78 is 0. The topological polar surface area (TPSA) is 61.0 Å². The molecule has 1 aliphatic heterocycles. The second-order valence-corrected chi connectivity index (χ2v) is 6.22. The quantitative estimate of drug-likeness (QED) is 0.778. The first-order chi connectivity index (χ1) is 11.8. The molecule has 0 unspecified atom stereocenters. The number of piperidine rings is 1. The lowest BCUT2D eigenvalue weighted by atomic mass is 10.0. The molecule has 2 N–H and O–H groups in total. The number of aromatic nitrogens is 2. The molecule has 24 heavy (non-hydrogen) atoms. The largest absolute Gasteiger partial charge is 0.381 e. The van der Waals surface area contributed by atoms with Gasteiger partial charge in [0.2, 0.25) is 0 Å². The highest BCUT2D eigenvalue weighted by molar-refractivity contribution is 5.98. The van der Waals surface area contributed by atoms with E-state index in [1.807, 2.05) is 53.6 Å². The van der Waals surface area contributed by atoms with Gasteiger partial charge in [-0.3, -0.25) is 9.78 Å². The summed E-state index contributed by atoms with van der Waals surface area (Å²) in [5.41, 5.74) is 2.72. The summed E-state index contributed by atoms with van der Waals surface area (Å²) in [7, 11) is 0. The first-order valence-electron chi connectivity index (χ1n) is 8.33. The third kappa shape index (κ3) is 2.97. The maximum absolute atomic E-state index is 12.7. The number of H-pyrrole nitrogens is 1. The first kappa shape index (κ1) is 14.8. The number of pyridine rings is 1. The molecule has 1 fully saturated rings. The Kier molecular flexibility index (Phi) is 3.91. The van der Waals surface area contributed by atoms with Crippen LogP contribution in [0.4, 0.5) is 5.69 Å². The number of hydrogen-bond donors (Lipinski definition) is 2. The van der Waals surface area contributed by atoms with E-state index < -0.39 is 0 Å². The summed E-state index contributed by atoms with van der Waals surface area (Å²) in [6, 6.07) is 14.3. The number of para-hydroxylation sites is 1. The molecule has 0 radical (unpaired) electrons. The Morgan fingerprint density at radius 3 is 2.75 bits per heavy atom. The molecule has 0 atom stereocenters. The van der Waals surface area contributed by atoms with Gasteiger partial charge in [-0.05, 0) is 37.1 Å². The van der Waals surface area contributed by atoms with E-state index in [0.29, 0.717) is 11.7 Å². The van der Waals surface area contributed by atoms with Crippen molar-refractivity contribution in [3.8, 4) is 0 Å². The number of hydrogen-bond acceptors (Lipinski definition) is 3. The van der Waals surface area contributed by atoms with Crippen molar-refractivity contribution < 1.29 is 4.79 Å². The molecular formula is C19H20N4O. The predicted octanol–water partition coefficient (Wildman–Crippen LogP) is 3.28. The summed E-state index contributed by atoms with van der Waals surface area (Å²) in [4.78, 5) is 22.0. The second-order valence-electron chi connectivity index (χ2n) is 6.22. The van der Waals surface area contributed by atoms with Crippen LogP contribution < -0.4 is 5.32 Å². The van der Waals surface area contributed by atoms with E-state index in [1.54, 1.807) is 6.20 Å². The Morgan fingerprint density at radius 1 is 1.17 bits per heavy atom. The van der Waals surface area contributed by atoms with Crippen molar-refractivity contribution in [2.75, 3.05) is 18.4 Å². The van der Waals surface area contributed by atoms with Gasteiger partial charge in [0.05, 0.1) is 5.69 Å². The van der Waals surface area contributed by atoms with Gasteiger partial charge in [0, 0.05) is 42.4 Å². The number of carbonyl (C=O) groups is 1. The lowest BCUT2D eigenvalue weighted by molar-refractivity contribution is 0.0713. The standard InChI is InChI=1S/C19H20N4O/c24-19(18-12-14-4-1-2-6-17(14)22-18)23-10-7-15(8-11-23)21-16-5-3-9-20-13-16/h1-6,9,12-13,15,21-22H,7-8,10-11H2. The molecule has 0 bridgehead atoms. The summed E-state index contributed by atoms with van der Waals surface area (Å²) in [5.74, 6) is 0.0889. The summed E-state index contributed by atoms with van der Waals surface area (Å²) in [6.07, 6.45) is 5.50. The minimum Gasteiger partial charge on any atom is -0.381 e. The Hall–Kier alpha value is -2.82. The number of nitrogens with zero attached hydrogens (tertiary/aromatic N) is 2. The van der Waals surface area contributed by atoms with Crippen LogP contribution in [0.1, 0.15) is 23.3 Å². The minimum atomic E-state index is 0.0889. The molecule has 1 saturated heterocycles. The number of carbonyl (C=O) groups excluding carboxylic acids is 1. The monoisotopic (exact) mass is 320 g/mol. The van der Waals surface area contributed by atoms with Crippen LogP contribution in [0.3, 0.4) is 0 Å². The third-order valence-electron chi connectivity index (χ3n) is 4.57. The molecule has 0 saturated carbocycles. The lowest BCUT2D eigenvalue weighted by Crippen LogP contribution is -2.42. The van der Waals surface area contributed by atoms with E-state index in [9.17, 15) is 4.79 Å². The van der Waals surface area contributed by atoms with E-state index in [4.69, 9.17) is 0 Å². The van der Waals surface area contributed by atoms with Crippen LogP contribution in [0.15, 0.2) is 54.9 Å². The Labute approximate surface area is 140 Å². The number of anilines is 1. The molecular weight excluding hydrogens is 300 g/mol. The second kappa shape index (κ2) is 6.35. The summed E-state index contributed by atoms with van der Waals surface area (Å²) in [6.45, 7) is 1.54. The molecule has 122 valence electrons. The number of nitrogens with one attached hydrogen (secondary N) is 2. The van der Waals surface area contributed by atoms with Crippen LogP contribution >= 0.6 is 0 Å². The molecule has 0 aliphatic carbocycles. The van der Waals surface area contributed by atoms with Gasteiger partial charge in [-0.15, -0.1) is 0 Å². The fraction of sp³-hybridized carbons (Fsp3) is 0.263. The first-order valence-corrected chi connectivity index (χ1v) is 8.33. The van der Waals surface area contributed by atoms with Crippen LogP contribution in [0, 0.1) is 0 Å². The molecule has 1 aromatic carbocycles. The van der Waals surface area contributed by atoms with Gasteiger partial charge in [0.15, 0.2) is 0 Å². The fourth-order valence-electron chi connectivity index (χ4n) is 3.27. The Bertz CT molecular complexity index is 802.